The van der Waals surface area contributed by atoms with Crippen LogP contribution >= 0.6 is 11.8 Å². The number of carboxylic acids is 1. The van der Waals surface area contributed by atoms with Gasteiger partial charge in [0.05, 0.1) is 16.9 Å². The van der Waals surface area contributed by atoms with Crippen LogP contribution in [-0.4, -0.2) is 48.1 Å². The maximum Gasteiger partial charge on any atom is 0.308 e. The Morgan fingerprint density at radius 1 is 1.03 bits per heavy atom. The zero-order valence-corrected chi connectivity index (χ0v) is 22.1. The molecule has 2 aliphatic heterocycles. The minimum absolute atomic E-state index is 0.104. The molecule has 3 aromatic rings. The fourth-order valence-corrected chi connectivity index (χ4v) is 7.93. The number of rotatable bonds is 8. The molecule has 0 saturated carbocycles. The lowest BCUT2D eigenvalue weighted by Crippen LogP contribution is -2.49. The summed E-state index contributed by atoms with van der Waals surface area (Å²) in [4.78, 5) is 12.5. The van der Waals surface area contributed by atoms with Crippen LogP contribution in [0.3, 0.4) is 0 Å². The van der Waals surface area contributed by atoms with Crippen molar-refractivity contribution < 1.29 is 27.8 Å². The summed E-state index contributed by atoms with van der Waals surface area (Å²) >= 11 is 1.60. The van der Waals surface area contributed by atoms with E-state index in [4.69, 9.17) is 9.47 Å². The van der Waals surface area contributed by atoms with Crippen molar-refractivity contribution in [3.8, 4) is 11.5 Å². The number of thioether (sulfide) groups is 1. The van der Waals surface area contributed by atoms with Gasteiger partial charge in [0, 0.05) is 11.8 Å². The second-order valence-electron chi connectivity index (χ2n) is 9.34. The van der Waals surface area contributed by atoms with E-state index >= 15 is 0 Å². The van der Waals surface area contributed by atoms with E-state index in [0.717, 1.165) is 23.3 Å². The quantitative estimate of drug-likeness (QED) is 0.435. The first-order valence-corrected chi connectivity index (χ1v) is 14.7. The van der Waals surface area contributed by atoms with Crippen LogP contribution in [-0.2, 0) is 21.2 Å². The van der Waals surface area contributed by atoms with E-state index in [0.29, 0.717) is 17.9 Å². The highest BCUT2D eigenvalue weighted by Gasteiger charge is 2.45. The zero-order chi connectivity index (χ0) is 26.0. The molecule has 7 nitrogen and oxygen atoms in total. The molecule has 0 radical (unpaired) electrons. The van der Waals surface area contributed by atoms with Crippen LogP contribution in [0.15, 0.2) is 77.7 Å². The number of benzene rings is 3. The van der Waals surface area contributed by atoms with Gasteiger partial charge in [0.25, 0.3) is 0 Å². The third-order valence-electron chi connectivity index (χ3n) is 6.92. The molecule has 0 unspecified atom stereocenters. The van der Waals surface area contributed by atoms with Crippen molar-refractivity contribution in [2.75, 3.05) is 19.1 Å². The summed E-state index contributed by atoms with van der Waals surface area (Å²) in [6.45, 7) is 1.91. The van der Waals surface area contributed by atoms with Gasteiger partial charge in [-0.25, -0.2) is 8.42 Å². The molecule has 3 aromatic carbocycles. The van der Waals surface area contributed by atoms with E-state index in [1.807, 2.05) is 37.3 Å². The van der Waals surface area contributed by atoms with Crippen molar-refractivity contribution in [1.82, 2.24) is 4.31 Å². The molecule has 0 amide bonds. The fraction of sp³-hybridized carbons (Fsp3) is 0.321. The van der Waals surface area contributed by atoms with Crippen LogP contribution < -0.4 is 9.47 Å². The minimum atomic E-state index is -3.95. The fourth-order valence-electron chi connectivity index (χ4n) is 4.87. The Balaban J connectivity index is 1.47. The number of nitrogens with zero attached hydrogens (tertiary/aromatic N) is 1. The van der Waals surface area contributed by atoms with Gasteiger partial charge in [0.1, 0.15) is 0 Å². The smallest absolute Gasteiger partial charge is 0.308 e. The van der Waals surface area contributed by atoms with E-state index in [9.17, 15) is 18.3 Å². The number of fused-ring (bicyclic) bond motifs is 1. The molecule has 5 rings (SSSR count). The molecule has 9 heteroatoms. The molecular weight excluding hydrogens is 510 g/mol. The monoisotopic (exact) mass is 539 g/mol. The van der Waals surface area contributed by atoms with Crippen molar-refractivity contribution >= 4 is 27.8 Å². The van der Waals surface area contributed by atoms with Crippen molar-refractivity contribution in [2.45, 2.75) is 36.0 Å². The largest absolute Gasteiger partial charge is 0.481 e. The van der Waals surface area contributed by atoms with Gasteiger partial charge in [-0.05, 0) is 60.9 Å². The number of aliphatic carboxylic acids is 1. The number of aryl methyl sites for hydroxylation is 2. The summed E-state index contributed by atoms with van der Waals surface area (Å²) in [5.74, 6) is 0.122. The second kappa shape index (κ2) is 10.8. The molecule has 1 saturated heterocycles. The Labute approximate surface area is 221 Å². The molecule has 2 aliphatic rings. The molecule has 2 heterocycles. The topological polar surface area (TPSA) is 93.1 Å². The van der Waals surface area contributed by atoms with Gasteiger partial charge in [0.2, 0.25) is 16.8 Å². The molecule has 1 fully saturated rings. The maximum atomic E-state index is 13.9. The average Bonchev–Trinajstić information content (AvgIpc) is 3.37. The van der Waals surface area contributed by atoms with Gasteiger partial charge in [0.15, 0.2) is 11.5 Å². The van der Waals surface area contributed by atoms with Crippen LogP contribution in [0.4, 0.5) is 0 Å². The Morgan fingerprint density at radius 3 is 2.49 bits per heavy atom. The summed E-state index contributed by atoms with van der Waals surface area (Å²) in [7, 11) is -3.95. The van der Waals surface area contributed by atoms with E-state index in [-0.39, 0.29) is 23.5 Å². The molecule has 0 spiro atoms. The molecule has 0 aliphatic carbocycles. The van der Waals surface area contributed by atoms with E-state index in [1.165, 1.54) is 9.87 Å². The number of sulfonamides is 1. The van der Waals surface area contributed by atoms with Crippen molar-refractivity contribution in [1.29, 1.82) is 0 Å². The van der Waals surface area contributed by atoms with Gasteiger partial charge in [-0.15, -0.1) is 0 Å². The third kappa shape index (κ3) is 5.49. The number of carbonyl (C=O) groups is 1. The highest BCUT2D eigenvalue weighted by atomic mass is 32.2. The van der Waals surface area contributed by atoms with Gasteiger partial charge in [-0.2, -0.15) is 16.1 Å². The summed E-state index contributed by atoms with van der Waals surface area (Å²) in [6, 6.07) is 21.7. The molecule has 37 heavy (non-hydrogen) atoms. The summed E-state index contributed by atoms with van der Waals surface area (Å²) in [6.07, 6.45) is 1.19. The van der Waals surface area contributed by atoms with Crippen LogP contribution in [0.25, 0.3) is 0 Å². The van der Waals surface area contributed by atoms with E-state index in [1.54, 1.807) is 42.1 Å². The highest BCUT2D eigenvalue weighted by Crippen LogP contribution is 2.44. The van der Waals surface area contributed by atoms with Gasteiger partial charge in [-0.1, -0.05) is 54.1 Å². The lowest BCUT2D eigenvalue weighted by atomic mass is 9.90. The highest BCUT2D eigenvalue weighted by molar-refractivity contribution is 7.99. The molecule has 0 aromatic heterocycles. The Bertz CT molecular complexity index is 1360. The Morgan fingerprint density at radius 2 is 1.76 bits per heavy atom. The normalized spacial score (nSPS) is 21.6. The first kappa shape index (κ1) is 25.6. The second-order valence-corrected chi connectivity index (χ2v) is 12.6. The summed E-state index contributed by atoms with van der Waals surface area (Å²) in [5.41, 5.74) is 2.90. The van der Waals surface area contributed by atoms with E-state index < -0.39 is 28.0 Å². The number of ether oxygens (including phenoxy) is 2. The average molecular weight is 540 g/mol. The van der Waals surface area contributed by atoms with Crippen LogP contribution in [0.2, 0.25) is 0 Å². The SMILES string of the molecule is Cc1ccc(S(=O)(=O)N2C[C@@H](C(=O)O)[C@H](SCCc3ccccc3)C[C@H]2c2ccc3c(c2)OCO3)cc1. The molecule has 0 bridgehead atoms. The lowest BCUT2D eigenvalue weighted by Gasteiger charge is -2.41. The predicted molar refractivity (Wildman–Crippen MR) is 143 cm³/mol. The molecule has 3 atom stereocenters. The van der Waals surface area contributed by atoms with Gasteiger partial charge >= 0.3 is 5.97 Å². The third-order valence-corrected chi connectivity index (χ3v) is 10.2. The number of hydrogen-bond acceptors (Lipinski definition) is 6. The first-order valence-electron chi connectivity index (χ1n) is 12.2. The molecular formula is C28H29NO6S2. The lowest BCUT2D eigenvalue weighted by molar-refractivity contribution is -0.143. The maximum absolute atomic E-state index is 13.9. The summed E-state index contributed by atoms with van der Waals surface area (Å²) < 4.78 is 40.1. The summed E-state index contributed by atoms with van der Waals surface area (Å²) in [5, 5.41) is 9.88. The number of hydrogen-bond donors (Lipinski definition) is 1. The molecule has 194 valence electrons. The van der Waals surface area contributed by atoms with Gasteiger partial charge < -0.3 is 14.6 Å². The van der Waals surface area contributed by atoms with Crippen molar-refractivity contribution in [3.05, 3.63) is 89.5 Å². The number of carboxylic acid groups (broad SMARTS) is 1. The van der Waals surface area contributed by atoms with Crippen molar-refractivity contribution in [2.24, 2.45) is 5.92 Å². The van der Waals surface area contributed by atoms with Crippen molar-refractivity contribution in [3.63, 3.8) is 0 Å². The standard InChI is InChI=1S/C28H29NO6S2/c1-19-7-10-22(11-8-19)37(32,33)29-17-23(28(30)31)27(36-14-13-20-5-3-2-4-6-20)16-24(29)21-9-12-25-26(15-21)35-18-34-25/h2-12,15,23-24,27H,13-14,16-18H2,1H3,(H,30,31)/t23-,24+,27-/m1/s1. The number of piperidine rings is 1. The van der Waals surface area contributed by atoms with Crippen LogP contribution in [0.5, 0.6) is 11.5 Å². The van der Waals surface area contributed by atoms with Crippen LogP contribution in [0, 0.1) is 12.8 Å². The Hall–Kier alpha value is -3.01. The molecule has 1 N–H and O–H groups in total. The van der Waals surface area contributed by atoms with E-state index in [2.05, 4.69) is 12.1 Å². The first-order chi connectivity index (χ1) is 17.8. The minimum Gasteiger partial charge on any atom is -0.481 e. The zero-order valence-electron chi connectivity index (χ0n) is 20.4. The van der Waals surface area contributed by atoms with Crippen LogP contribution in [0.1, 0.15) is 29.2 Å². The predicted octanol–water partition coefficient (Wildman–Crippen LogP) is 4.90. The van der Waals surface area contributed by atoms with Gasteiger partial charge in [-0.3, -0.25) is 4.79 Å². The Kier molecular flexibility index (Phi) is 7.46.